The molecule has 3 rings (SSSR count). The Morgan fingerprint density at radius 1 is 1.17 bits per heavy atom. The van der Waals surface area contributed by atoms with Gasteiger partial charge in [0.25, 0.3) is 10.0 Å². The van der Waals surface area contributed by atoms with E-state index in [0.29, 0.717) is 11.5 Å². The number of hydrogen-bond acceptors (Lipinski definition) is 5. The number of nitrogens with one attached hydrogen (secondary N) is 2. The third kappa shape index (κ3) is 4.83. The van der Waals surface area contributed by atoms with Crippen molar-refractivity contribution in [2.45, 2.75) is 31.1 Å². The number of benzene rings is 2. The second-order valence-electron chi connectivity index (χ2n) is 6.66. The Balaban J connectivity index is 1.73. The molecule has 2 N–H and O–H groups in total. The second-order valence-corrected chi connectivity index (χ2v) is 8.32. The molecule has 7 nitrogen and oxygen atoms in total. The summed E-state index contributed by atoms with van der Waals surface area (Å²) in [6.07, 6.45) is 4.00. The van der Waals surface area contributed by atoms with Crippen molar-refractivity contribution in [3.63, 3.8) is 0 Å². The minimum absolute atomic E-state index is 0.171. The summed E-state index contributed by atoms with van der Waals surface area (Å²) in [5.41, 5.74) is 3.38. The number of hydrazone groups is 1. The maximum Gasteiger partial charge on any atom is 0.276 e. The minimum atomic E-state index is -3.74. The van der Waals surface area contributed by atoms with Gasteiger partial charge in [-0.15, -0.1) is 0 Å². The van der Waals surface area contributed by atoms with Gasteiger partial charge >= 0.3 is 0 Å². The molecule has 0 saturated heterocycles. The third-order valence-electron chi connectivity index (χ3n) is 4.80. The number of nitrogens with zero attached hydrogens (tertiary/aromatic N) is 2. The topological polar surface area (TPSA) is 96.4 Å². The first-order valence-electron chi connectivity index (χ1n) is 9.27. The average Bonchev–Trinajstić information content (AvgIpc) is 3.21. The molecule has 0 aliphatic carbocycles. The van der Waals surface area contributed by atoms with E-state index in [4.69, 9.17) is 4.74 Å². The number of hydrogen-bond donors (Lipinski definition) is 2. The van der Waals surface area contributed by atoms with Crippen LogP contribution in [0.1, 0.15) is 37.3 Å². The van der Waals surface area contributed by atoms with Gasteiger partial charge in [0.05, 0.1) is 30.1 Å². The van der Waals surface area contributed by atoms with E-state index >= 15 is 0 Å². The van der Waals surface area contributed by atoms with E-state index in [9.17, 15) is 8.42 Å². The van der Waals surface area contributed by atoms with Crippen LogP contribution in [-0.4, -0.2) is 31.9 Å². The smallest absolute Gasteiger partial charge is 0.276 e. The summed E-state index contributed by atoms with van der Waals surface area (Å²) in [6.45, 7) is 4.21. The number of sulfonamides is 1. The highest BCUT2D eigenvalue weighted by Gasteiger charge is 2.14. The standard InChI is InChI=1S/C21H24N4O3S/c1-4-15(2)16-7-11-20(12-8-16)29(26,27)25-23-14-18-13-22-24-21(18)17-5-9-19(28-3)10-6-17/h5-15,25H,4H2,1-3H3,(H,22,24)/b23-14+. The zero-order chi connectivity index (χ0) is 20.9. The molecule has 29 heavy (non-hydrogen) atoms. The van der Waals surface area contributed by atoms with Gasteiger partial charge in [-0.25, -0.2) is 4.83 Å². The molecule has 0 aliphatic rings. The molecule has 0 bridgehead atoms. The molecule has 1 atom stereocenters. The summed E-state index contributed by atoms with van der Waals surface area (Å²) in [6, 6.07) is 14.3. The lowest BCUT2D eigenvalue weighted by Gasteiger charge is -2.09. The molecule has 1 heterocycles. The third-order valence-corrected chi connectivity index (χ3v) is 6.03. The first kappa shape index (κ1) is 20.6. The van der Waals surface area contributed by atoms with E-state index in [1.165, 1.54) is 6.21 Å². The fourth-order valence-electron chi connectivity index (χ4n) is 2.81. The summed E-state index contributed by atoms with van der Waals surface area (Å²) in [5.74, 6) is 1.13. The quantitative estimate of drug-likeness (QED) is 0.433. The average molecular weight is 413 g/mol. The van der Waals surface area contributed by atoms with Crippen LogP contribution in [0.5, 0.6) is 5.75 Å². The van der Waals surface area contributed by atoms with E-state index in [-0.39, 0.29) is 4.90 Å². The minimum Gasteiger partial charge on any atom is -0.497 e. The second kappa shape index (κ2) is 8.91. The number of methoxy groups -OCH3 is 1. The van der Waals surface area contributed by atoms with Gasteiger partial charge in [0, 0.05) is 11.1 Å². The molecular formula is C21H24N4O3S. The van der Waals surface area contributed by atoms with Crippen molar-refractivity contribution in [2.24, 2.45) is 5.10 Å². The Hall–Kier alpha value is -3.13. The van der Waals surface area contributed by atoms with Crippen molar-refractivity contribution in [2.75, 3.05) is 7.11 Å². The molecule has 0 amide bonds. The van der Waals surface area contributed by atoms with Gasteiger partial charge in [-0.05, 0) is 54.3 Å². The van der Waals surface area contributed by atoms with Crippen molar-refractivity contribution in [1.82, 2.24) is 15.0 Å². The van der Waals surface area contributed by atoms with E-state index in [2.05, 4.69) is 34.0 Å². The van der Waals surface area contributed by atoms with Gasteiger partial charge in [0.15, 0.2) is 0 Å². The summed E-state index contributed by atoms with van der Waals surface area (Å²) in [4.78, 5) is 2.42. The fourth-order valence-corrected chi connectivity index (χ4v) is 3.60. The monoisotopic (exact) mass is 412 g/mol. The van der Waals surface area contributed by atoms with Crippen LogP contribution in [-0.2, 0) is 10.0 Å². The van der Waals surface area contributed by atoms with Crippen LogP contribution in [0, 0.1) is 0 Å². The maximum absolute atomic E-state index is 12.5. The summed E-state index contributed by atoms with van der Waals surface area (Å²) < 4.78 is 30.1. The first-order chi connectivity index (χ1) is 13.9. The maximum atomic E-state index is 12.5. The summed E-state index contributed by atoms with van der Waals surface area (Å²) >= 11 is 0. The number of rotatable bonds is 8. The van der Waals surface area contributed by atoms with E-state index in [1.54, 1.807) is 25.4 Å². The Labute approximate surface area is 170 Å². The largest absolute Gasteiger partial charge is 0.497 e. The Bertz CT molecular complexity index is 1070. The van der Waals surface area contributed by atoms with Crippen LogP contribution in [0.3, 0.4) is 0 Å². The van der Waals surface area contributed by atoms with E-state index in [0.717, 1.165) is 29.0 Å². The van der Waals surface area contributed by atoms with Crippen molar-refractivity contribution in [3.05, 3.63) is 65.9 Å². The van der Waals surface area contributed by atoms with Crippen LogP contribution < -0.4 is 9.57 Å². The van der Waals surface area contributed by atoms with Crippen LogP contribution in [0.15, 0.2) is 64.7 Å². The van der Waals surface area contributed by atoms with Gasteiger partial charge in [-0.1, -0.05) is 26.0 Å². The van der Waals surface area contributed by atoms with Gasteiger partial charge in [0.2, 0.25) is 0 Å². The number of aromatic amines is 1. The van der Waals surface area contributed by atoms with E-state index < -0.39 is 10.0 Å². The molecule has 1 aromatic heterocycles. The zero-order valence-corrected chi connectivity index (χ0v) is 17.4. The first-order valence-corrected chi connectivity index (χ1v) is 10.8. The molecule has 0 fully saturated rings. The van der Waals surface area contributed by atoms with Crippen LogP contribution in [0.4, 0.5) is 0 Å². The van der Waals surface area contributed by atoms with Crippen molar-refractivity contribution >= 4 is 16.2 Å². The Morgan fingerprint density at radius 2 is 1.86 bits per heavy atom. The van der Waals surface area contributed by atoms with Crippen molar-refractivity contribution < 1.29 is 13.2 Å². The molecule has 0 spiro atoms. The van der Waals surface area contributed by atoms with Crippen LogP contribution >= 0.6 is 0 Å². The lowest BCUT2D eigenvalue weighted by Crippen LogP contribution is -2.18. The van der Waals surface area contributed by atoms with Crippen molar-refractivity contribution in [1.29, 1.82) is 0 Å². The number of H-pyrrole nitrogens is 1. The van der Waals surface area contributed by atoms with Gasteiger partial charge < -0.3 is 4.74 Å². The zero-order valence-electron chi connectivity index (χ0n) is 16.6. The summed E-state index contributed by atoms with van der Waals surface area (Å²) in [5, 5.41) is 10.8. The molecule has 152 valence electrons. The van der Waals surface area contributed by atoms with Crippen LogP contribution in [0.25, 0.3) is 11.3 Å². The normalized spacial score (nSPS) is 12.8. The summed E-state index contributed by atoms with van der Waals surface area (Å²) in [7, 11) is -2.14. The molecule has 2 aromatic carbocycles. The highest BCUT2D eigenvalue weighted by Crippen LogP contribution is 2.23. The predicted octanol–water partition coefficient (Wildman–Crippen LogP) is 3.91. The molecule has 1 unspecified atom stereocenters. The van der Waals surface area contributed by atoms with E-state index in [1.807, 2.05) is 36.4 Å². The molecule has 0 radical (unpaired) electrons. The highest BCUT2D eigenvalue weighted by atomic mass is 32.2. The van der Waals surface area contributed by atoms with Crippen molar-refractivity contribution in [3.8, 4) is 17.0 Å². The SMILES string of the molecule is CCC(C)c1ccc(S(=O)(=O)N/N=C/c2cn[nH]c2-c2ccc(OC)cc2)cc1. The Morgan fingerprint density at radius 3 is 2.48 bits per heavy atom. The van der Waals surface area contributed by atoms with Gasteiger partial charge in [-0.3, -0.25) is 5.10 Å². The molecule has 3 aromatic rings. The lowest BCUT2D eigenvalue weighted by atomic mass is 9.99. The molecule has 0 aliphatic heterocycles. The van der Waals surface area contributed by atoms with Crippen LogP contribution in [0.2, 0.25) is 0 Å². The molecule has 8 heteroatoms. The van der Waals surface area contributed by atoms with Gasteiger partial charge in [0.1, 0.15) is 5.75 Å². The lowest BCUT2D eigenvalue weighted by molar-refractivity contribution is 0.415. The molecule has 0 saturated carbocycles. The highest BCUT2D eigenvalue weighted by molar-refractivity contribution is 7.89. The van der Waals surface area contributed by atoms with Gasteiger partial charge in [-0.2, -0.15) is 18.6 Å². The number of aromatic nitrogens is 2. The fraction of sp³-hybridized carbons (Fsp3) is 0.238. The predicted molar refractivity (Wildman–Crippen MR) is 114 cm³/mol. The molecular weight excluding hydrogens is 388 g/mol. The Kier molecular flexibility index (Phi) is 6.33. The number of ether oxygens (including phenoxy) is 1.